The van der Waals surface area contributed by atoms with Crippen LogP contribution in [0.5, 0.6) is 5.75 Å². The molecule has 258 valence electrons. The minimum atomic E-state index is -1.09. The quantitative estimate of drug-likeness (QED) is 0.149. The first-order chi connectivity index (χ1) is 23.7. The number of Topliss-reactive ketones (excluding diaryl/α,β-unsaturated/α-hetero) is 1. The number of ether oxygens (including phenoxy) is 1. The molecule has 2 aliphatic heterocycles. The van der Waals surface area contributed by atoms with E-state index in [9.17, 15) is 29.1 Å². The molecule has 0 bridgehead atoms. The Morgan fingerprint density at radius 3 is 2.42 bits per heavy atom. The van der Waals surface area contributed by atoms with Crippen molar-refractivity contribution in [3.8, 4) is 5.75 Å². The van der Waals surface area contributed by atoms with Gasteiger partial charge in [0.05, 0.1) is 23.6 Å². The number of aliphatic imine (C=N–C) groups is 1. The maximum absolute atomic E-state index is 14.8. The number of piperazine rings is 1. The molecule has 0 unspecified atom stereocenters. The molecule has 0 spiro atoms. The van der Waals surface area contributed by atoms with Gasteiger partial charge in [0.15, 0.2) is 5.78 Å². The van der Waals surface area contributed by atoms with E-state index in [-0.39, 0.29) is 48.3 Å². The van der Waals surface area contributed by atoms with Crippen molar-refractivity contribution in [2.45, 2.75) is 44.9 Å². The fourth-order valence-corrected chi connectivity index (χ4v) is 6.38. The van der Waals surface area contributed by atoms with E-state index in [1.54, 1.807) is 36.5 Å². The number of carboxylic acid groups (broad SMARTS) is 1. The van der Waals surface area contributed by atoms with Gasteiger partial charge < -0.3 is 30.8 Å². The van der Waals surface area contributed by atoms with Gasteiger partial charge >= 0.3 is 12.0 Å². The molecule has 3 heterocycles. The largest absolute Gasteiger partial charge is 0.487 e. The third kappa shape index (κ3) is 6.90. The highest BCUT2D eigenvalue weighted by atomic mass is 35.5. The van der Waals surface area contributed by atoms with Crippen molar-refractivity contribution in [1.29, 1.82) is 0 Å². The molecule has 14 heteroatoms. The standard InChI is InChI=1S/C36H35ClN6O7/c1-36(2,3)50-28-14-21(27(44)16-29(38)45)8-10-24(28)33-41-31(19-4-6-20(7-5-19)34(47)48)32(25-17-40-26-15-22(37)9-11-23(25)26)43(33)35(49)42-13-12-39-30(46)18-42/h4-11,14-15,17,31-32,40H,12-13,16,18H2,1-3H3,(H2,38,45)(H,39,46)(H,47,48)/t31-,32+/m0/s1. The maximum atomic E-state index is 14.8. The van der Waals surface area contributed by atoms with Gasteiger partial charge in [-0.15, -0.1) is 0 Å². The molecule has 0 radical (unpaired) electrons. The number of carboxylic acids is 1. The van der Waals surface area contributed by atoms with Crippen LogP contribution in [0.1, 0.15) is 76.7 Å². The number of halogens is 1. The number of hydrogen-bond donors (Lipinski definition) is 4. The van der Waals surface area contributed by atoms with Crippen LogP contribution in [-0.2, 0) is 9.59 Å². The van der Waals surface area contributed by atoms with Crippen LogP contribution in [0.15, 0.2) is 71.9 Å². The Bertz CT molecular complexity index is 2070. The summed E-state index contributed by atoms with van der Waals surface area (Å²) in [5.74, 6) is -2.25. The van der Waals surface area contributed by atoms with Crippen LogP contribution in [0.2, 0.25) is 5.02 Å². The maximum Gasteiger partial charge on any atom is 0.335 e. The Morgan fingerprint density at radius 2 is 1.76 bits per heavy atom. The number of aromatic amines is 1. The molecule has 2 aliphatic rings. The second kappa shape index (κ2) is 13.3. The Kier molecular flexibility index (Phi) is 9.10. The van der Waals surface area contributed by atoms with E-state index in [1.165, 1.54) is 34.1 Å². The zero-order valence-electron chi connectivity index (χ0n) is 27.5. The van der Waals surface area contributed by atoms with Crippen molar-refractivity contribution in [2.75, 3.05) is 19.6 Å². The van der Waals surface area contributed by atoms with Crippen LogP contribution in [0.25, 0.3) is 10.9 Å². The molecule has 4 amide bonds. The average Bonchev–Trinajstić information content (AvgIpc) is 3.64. The van der Waals surface area contributed by atoms with Gasteiger partial charge in [0.2, 0.25) is 11.8 Å². The number of amidine groups is 1. The highest BCUT2D eigenvalue weighted by Gasteiger charge is 2.46. The highest BCUT2D eigenvalue weighted by Crippen LogP contribution is 2.47. The van der Waals surface area contributed by atoms with E-state index in [0.717, 1.165) is 10.9 Å². The van der Waals surface area contributed by atoms with Gasteiger partial charge in [0.25, 0.3) is 0 Å². The van der Waals surface area contributed by atoms with Crippen LogP contribution in [0, 0.1) is 0 Å². The van der Waals surface area contributed by atoms with E-state index in [4.69, 9.17) is 27.1 Å². The second-order valence-electron chi connectivity index (χ2n) is 13.1. The van der Waals surface area contributed by atoms with Crippen molar-refractivity contribution < 1.29 is 33.8 Å². The summed E-state index contributed by atoms with van der Waals surface area (Å²) in [5.41, 5.74) is 7.23. The number of H-pyrrole nitrogens is 1. The monoisotopic (exact) mass is 698 g/mol. The van der Waals surface area contributed by atoms with Crippen molar-refractivity contribution >= 4 is 57.9 Å². The average molecular weight is 699 g/mol. The fraction of sp³-hybridized carbons (Fsp3) is 0.278. The van der Waals surface area contributed by atoms with Gasteiger partial charge in [-0.2, -0.15) is 0 Å². The van der Waals surface area contributed by atoms with Crippen molar-refractivity contribution in [2.24, 2.45) is 10.7 Å². The second-order valence-corrected chi connectivity index (χ2v) is 13.6. The van der Waals surface area contributed by atoms with Crippen molar-refractivity contribution in [3.05, 3.63) is 99.7 Å². The van der Waals surface area contributed by atoms with E-state index in [0.29, 0.717) is 21.7 Å². The Labute approximate surface area is 292 Å². The molecule has 1 fully saturated rings. The molecule has 5 N–H and O–H groups in total. The molecule has 0 saturated carbocycles. The summed E-state index contributed by atoms with van der Waals surface area (Å²) in [5, 5.41) is 13.6. The first-order valence-electron chi connectivity index (χ1n) is 15.9. The molecule has 2 atom stereocenters. The Morgan fingerprint density at radius 1 is 1.04 bits per heavy atom. The number of primary amides is 1. The molecule has 1 aromatic heterocycles. The lowest BCUT2D eigenvalue weighted by atomic mass is 9.92. The number of hydrogen-bond acceptors (Lipinski definition) is 7. The number of rotatable bonds is 8. The number of nitrogens with two attached hydrogens (primary N) is 1. The lowest BCUT2D eigenvalue weighted by molar-refractivity contribution is -0.123. The number of aromatic nitrogens is 1. The number of amides is 4. The number of nitrogens with one attached hydrogen (secondary N) is 2. The first-order valence-corrected chi connectivity index (χ1v) is 16.3. The third-order valence-electron chi connectivity index (χ3n) is 8.37. The van der Waals surface area contributed by atoms with Gasteiger partial charge in [-0.25, -0.2) is 9.59 Å². The minimum absolute atomic E-state index is 0.0820. The zero-order chi connectivity index (χ0) is 35.9. The summed E-state index contributed by atoms with van der Waals surface area (Å²) >= 11 is 6.32. The molecule has 13 nitrogen and oxygen atoms in total. The van der Waals surface area contributed by atoms with Crippen molar-refractivity contribution in [1.82, 2.24) is 20.1 Å². The molecule has 0 aliphatic carbocycles. The smallest absolute Gasteiger partial charge is 0.335 e. The molecule has 4 aromatic rings. The predicted molar refractivity (Wildman–Crippen MR) is 186 cm³/mol. The van der Waals surface area contributed by atoms with Gasteiger partial charge in [-0.05, 0) is 62.7 Å². The predicted octanol–water partition coefficient (Wildman–Crippen LogP) is 4.85. The first kappa shape index (κ1) is 34.2. The van der Waals surface area contributed by atoms with Crippen LogP contribution in [0.3, 0.4) is 0 Å². The number of nitrogens with zero attached hydrogens (tertiary/aromatic N) is 3. The number of benzene rings is 3. The Hall–Kier alpha value is -5.69. The number of carbonyl (C=O) groups is 5. The molecule has 6 rings (SSSR count). The van der Waals surface area contributed by atoms with E-state index in [2.05, 4.69) is 10.3 Å². The summed E-state index contributed by atoms with van der Waals surface area (Å²) < 4.78 is 6.37. The van der Waals surface area contributed by atoms with Gasteiger partial charge in [0.1, 0.15) is 29.8 Å². The van der Waals surface area contributed by atoms with Gasteiger partial charge in [-0.1, -0.05) is 35.9 Å². The summed E-state index contributed by atoms with van der Waals surface area (Å²) in [6.45, 7) is 5.81. The molecule has 50 heavy (non-hydrogen) atoms. The number of fused-ring (bicyclic) bond motifs is 1. The summed E-state index contributed by atoms with van der Waals surface area (Å²) in [7, 11) is 0. The van der Waals surface area contributed by atoms with E-state index >= 15 is 0 Å². The normalized spacial score (nSPS) is 17.8. The summed E-state index contributed by atoms with van der Waals surface area (Å²) in [4.78, 5) is 74.9. The lowest BCUT2D eigenvalue weighted by Gasteiger charge is -2.36. The van der Waals surface area contributed by atoms with Gasteiger partial charge in [-0.3, -0.25) is 24.3 Å². The summed E-state index contributed by atoms with van der Waals surface area (Å²) in [6, 6.07) is 14.2. The molecular weight excluding hydrogens is 664 g/mol. The van der Waals surface area contributed by atoms with Crippen LogP contribution in [0.4, 0.5) is 4.79 Å². The van der Waals surface area contributed by atoms with Gasteiger partial charge in [0, 0.05) is 46.3 Å². The number of carbonyl (C=O) groups excluding carboxylic acids is 4. The van der Waals surface area contributed by atoms with Crippen LogP contribution in [-0.4, -0.2) is 80.6 Å². The number of ketones is 1. The van der Waals surface area contributed by atoms with Crippen LogP contribution < -0.4 is 15.8 Å². The minimum Gasteiger partial charge on any atom is -0.487 e. The van der Waals surface area contributed by atoms with Crippen LogP contribution >= 0.6 is 11.6 Å². The summed E-state index contributed by atoms with van der Waals surface area (Å²) in [6.07, 6.45) is 1.28. The fourth-order valence-electron chi connectivity index (χ4n) is 6.21. The van der Waals surface area contributed by atoms with E-state index < -0.39 is 47.8 Å². The molecular formula is C36H35ClN6O7. The Balaban J connectivity index is 1.59. The molecule has 3 aromatic carbocycles. The zero-order valence-corrected chi connectivity index (χ0v) is 28.3. The highest BCUT2D eigenvalue weighted by molar-refractivity contribution is 6.31. The van der Waals surface area contributed by atoms with Crippen molar-refractivity contribution in [3.63, 3.8) is 0 Å². The third-order valence-corrected chi connectivity index (χ3v) is 8.61. The molecule has 1 saturated heterocycles. The SMILES string of the molecule is CC(C)(C)Oc1cc(C(=O)CC(N)=O)ccc1C1=N[C@@H](c2ccc(C(=O)O)cc2)[C@@H](c2c[nH]c3cc(Cl)ccc23)N1C(=O)N1CCNC(=O)C1. The number of aromatic carboxylic acids is 1. The van der Waals surface area contributed by atoms with E-state index in [1.807, 2.05) is 26.8 Å². The number of urea groups is 1. The lowest BCUT2D eigenvalue weighted by Crippen LogP contribution is -2.55. The topological polar surface area (TPSA) is 187 Å².